The fourth-order valence-electron chi connectivity index (χ4n) is 5.49. The molecule has 0 bridgehead atoms. The molecule has 10 heteroatoms. The number of carbonyl (C=O) groups excluding carboxylic acids is 3. The van der Waals surface area contributed by atoms with Gasteiger partial charge < -0.3 is 15.4 Å². The molecular formula is C28H42N4O4S2. The SMILES string of the molecule is COC(=O)N1CSC[C@H]1C(=O)N[C@@H](CSCC1CCCCC1)C(=O)NC1CCN(Cc2ccccc2)CC1. The maximum absolute atomic E-state index is 13.4. The number of methoxy groups -OCH3 is 1. The van der Waals surface area contributed by atoms with Crippen molar-refractivity contribution in [2.75, 3.05) is 43.3 Å². The van der Waals surface area contributed by atoms with Crippen molar-refractivity contribution in [2.24, 2.45) is 5.92 Å². The summed E-state index contributed by atoms with van der Waals surface area (Å²) in [6.07, 6.45) is 7.69. The molecule has 1 aromatic carbocycles. The first-order chi connectivity index (χ1) is 18.5. The third kappa shape index (κ3) is 8.55. The topological polar surface area (TPSA) is 91.0 Å². The van der Waals surface area contributed by atoms with Crippen molar-refractivity contribution in [1.82, 2.24) is 20.4 Å². The van der Waals surface area contributed by atoms with Crippen molar-refractivity contribution in [3.05, 3.63) is 35.9 Å². The van der Waals surface area contributed by atoms with E-state index in [4.69, 9.17) is 4.74 Å². The number of ether oxygens (including phenoxy) is 1. The predicted molar refractivity (Wildman–Crippen MR) is 154 cm³/mol. The summed E-state index contributed by atoms with van der Waals surface area (Å²) in [6.45, 7) is 2.79. The van der Waals surface area contributed by atoms with Gasteiger partial charge in [-0.15, -0.1) is 11.8 Å². The molecular weight excluding hydrogens is 520 g/mol. The molecule has 3 fully saturated rings. The summed E-state index contributed by atoms with van der Waals surface area (Å²) in [5.41, 5.74) is 1.30. The molecule has 210 valence electrons. The van der Waals surface area contributed by atoms with Gasteiger partial charge in [-0.25, -0.2) is 4.79 Å². The number of carbonyl (C=O) groups is 3. The number of piperidine rings is 1. The van der Waals surface area contributed by atoms with Gasteiger partial charge in [0.15, 0.2) is 0 Å². The van der Waals surface area contributed by atoms with E-state index in [1.165, 1.54) is 61.4 Å². The van der Waals surface area contributed by atoms with E-state index in [2.05, 4.69) is 39.8 Å². The monoisotopic (exact) mass is 562 g/mol. The van der Waals surface area contributed by atoms with Crippen LogP contribution in [0.1, 0.15) is 50.5 Å². The molecule has 0 spiro atoms. The van der Waals surface area contributed by atoms with Crippen LogP contribution in [0.2, 0.25) is 0 Å². The molecule has 2 saturated heterocycles. The average Bonchev–Trinajstić information content (AvgIpc) is 3.44. The highest BCUT2D eigenvalue weighted by atomic mass is 32.2. The lowest BCUT2D eigenvalue weighted by Crippen LogP contribution is -2.56. The van der Waals surface area contributed by atoms with Gasteiger partial charge in [0, 0.05) is 37.2 Å². The van der Waals surface area contributed by atoms with Crippen molar-refractivity contribution in [1.29, 1.82) is 0 Å². The Morgan fingerprint density at radius 2 is 1.82 bits per heavy atom. The Morgan fingerprint density at radius 3 is 2.53 bits per heavy atom. The lowest BCUT2D eigenvalue weighted by atomic mass is 9.91. The summed E-state index contributed by atoms with van der Waals surface area (Å²) in [5.74, 6) is 2.78. The highest BCUT2D eigenvalue weighted by Gasteiger charge is 2.37. The van der Waals surface area contributed by atoms with Gasteiger partial charge in [-0.3, -0.25) is 19.4 Å². The quantitative estimate of drug-likeness (QED) is 0.449. The Hall–Kier alpha value is -1.91. The van der Waals surface area contributed by atoms with Crippen molar-refractivity contribution in [2.45, 2.75) is 69.6 Å². The van der Waals surface area contributed by atoms with Crippen LogP contribution in [0.15, 0.2) is 30.3 Å². The van der Waals surface area contributed by atoms with E-state index < -0.39 is 18.2 Å². The minimum atomic E-state index is -0.622. The highest BCUT2D eigenvalue weighted by Crippen LogP contribution is 2.27. The summed E-state index contributed by atoms with van der Waals surface area (Å²) in [7, 11) is 1.32. The summed E-state index contributed by atoms with van der Waals surface area (Å²) < 4.78 is 4.85. The Kier molecular flexibility index (Phi) is 11.5. The number of rotatable bonds is 10. The average molecular weight is 563 g/mol. The molecule has 2 aliphatic heterocycles. The first-order valence-electron chi connectivity index (χ1n) is 13.9. The number of likely N-dealkylation sites (tertiary alicyclic amines) is 1. The van der Waals surface area contributed by atoms with Gasteiger partial charge in [0.25, 0.3) is 0 Å². The van der Waals surface area contributed by atoms with Crippen LogP contribution in [0.4, 0.5) is 4.79 Å². The van der Waals surface area contributed by atoms with Gasteiger partial charge in [0.1, 0.15) is 12.1 Å². The Labute approximate surface area is 235 Å². The molecule has 0 radical (unpaired) electrons. The fraction of sp³-hybridized carbons (Fsp3) is 0.679. The molecule has 38 heavy (non-hydrogen) atoms. The standard InChI is InChI=1S/C28H42N4O4S2/c1-36-28(35)32-20-38-19-25(32)27(34)30-24(18-37-17-22-10-6-3-7-11-22)26(33)29-23-12-14-31(15-13-23)16-21-8-4-2-5-9-21/h2,4-5,8-9,22-25H,3,6-7,10-20H2,1H3,(H,29,33)(H,30,34)/t24-,25-/m0/s1. The van der Waals surface area contributed by atoms with Crippen LogP contribution in [0.3, 0.4) is 0 Å². The molecule has 4 rings (SSSR count). The van der Waals surface area contributed by atoms with Crippen LogP contribution in [0.5, 0.6) is 0 Å². The third-order valence-electron chi connectivity index (χ3n) is 7.77. The van der Waals surface area contributed by atoms with Crippen LogP contribution in [0, 0.1) is 5.92 Å². The predicted octanol–water partition coefficient (Wildman–Crippen LogP) is 3.71. The van der Waals surface area contributed by atoms with Crippen molar-refractivity contribution in [3.63, 3.8) is 0 Å². The van der Waals surface area contributed by atoms with Crippen molar-refractivity contribution >= 4 is 41.4 Å². The Bertz CT molecular complexity index is 907. The van der Waals surface area contributed by atoms with E-state index in [1.807, 2.05) is 6.07 Å². The van der Waals surface area contributed by atoms with Crippen molar-refractivity contribution < 1.29 is 19.1 Å². The van der Waals surface area contributed by atoms with Crippen LogP contribution < -0.4 is 10.6 Å². The second-order valence-corrected chi connectivity index (χ2v) is 12.7. The number of nitrogens with zero attached hydrogens (tertiary/aromatic N) is 2. The van der Waals surface area contributed by atoms with Gasteiger partial charge in [-0.1, -0.05) is 49.6 Å². The molecule has 0 unspecified atom stereocenters. The Morgan fingerprint density at radius 1 is 1.08 bits per heavy atom. The van der Waals surface area contributed by atoms with Crippen molar-refractivity contribution in [3.8, 4) is 0 Å². The lowest BCUT2D eigenvalue weighted by molar-refractivity contribution is -0.130. The Balaban J connectivity index is 1.30. The zero-order valence-corrected chi connectivity index (χ0v) is 24.1. The molecule has 2 N–H and O–H groups in total. The third-order valence-corrected chi connectivity index (χ3v) is 10.1. The molecule has 8 nitrogen and oxygen atoms in total. The summed E-state index contributed by atoms with van der Waals surface area (Å²) in [4.78, 5) is 42.6. The van der Waals surface area contributed by atoms with Gasteiger partial charge in [0.05, 0.1) is 13.0 Å². The van der Waals surface area contributed by atoms with Gasteiger partial charge in [-0.2, -0.15) is 11.8 Å². The van der Waals surface area contributed by atoms with E-state index in [9.17, 15) is 14.4 Å². The number of amides is 3. The molecule has 2 atom stereocenters. The molecule has 1 aromatic rings. The second kappa shape index (κ2) is 15.0. The van der Waals surface area contributed by atoms with Crippen LogP contribution in [-0.2, 0) is 20.9 Å². The minimum Gasteiger partial charge on any atom is -0.453 e. The molecule has 0 aromatic heterocycles. The van der Waals surface area contributed by atoms with Gasteiger partial charge in [-0.05, 0) is 42.9 Å². The first-order valence-corrected chi connectivity index (χ1v) is 16.2. The molecule has 2 heterocycles. The van der Waals surface area contributed by atoms with Gasteiger partial charge >= 0.3 is 6.09 Å². The maximum Gasteiger partial charge on any atom is 0.410 e. The first kappa shape index (κ1) is 29.1. The lowest BCUT2D eigenvalue weighted by Gasteiger charge is -2.33. The number of hydrogen-bond donors (Lipinski definition) is 2. The van der Waals surface area contributed by atoms with E-state index in [1.54, 1.807) is 11.8 Å². The highest BCUT2D eigenvalue weighted by molar-refractivity contribution is 7.99. The number of thioether (sulfide) groups is 2. The number of benzene rings is 1. The normalized spacial score (nSPS) is 22.1. The van der Waals surface area contributed by atoms with E-state index >= 15 is 0 Å². The van der Waals surface area contributed by atoms with E-state index in [0.29, 0.717) is 23.3 Å². The summed E-state index contributed by atoms with van der Waals surface area (Å²) >= 11 is 3.28. The van der Waals surface area contributed by atoms with E-state index in [-0.39, 0.29) is 17.9 Å². The maximum atomic E-state index is 13.4. The van der Waals surface area contributed by atoms with Crippen LogP contribution >= 0.6 is 23.5 Å². The largest absolute Gasteiger partial charge is 0.453 e. The van der Waals surface area contributed by atoms with Gasteiger partial charge in [0.2, 0.25) is 11.8 Å². The minimum absolute atomic E-state index is 0.103. The molecule has 3 aliphatic rings. The number of hydrogen-bond acceptors (Lipinski definition) is 7. The summed E-state index contributed by atoms with van der Waals surface area (Å²) in [6, 6.07) is 9.33. The van der Waals surface area contributed by atoms with E-state index in [0.717, 1.165) is 38.2 Å². The number of nitrogens with one attached hydrogen (secondary N) is 2. The summed E-state index contributed by atoms with van der Waals surface area (Å²) in [5, 5.41) is 6.22. The van der Waals surface area contributed by atoms with Crippen LogP contribution in [-0.4, -0.2) is 89.2 Å². The smallest absolute Gasteiger partial charge is 0.410 e. The molecule has 1 aliphatic carbocycles. The zero-order chi connectivity index (χ0) is 26.7. The fourth-order valence-corrected chi connectivity index (χ4v) is 7.91. The zero-order valence-electron chi connectivity index (χ0n) is 22.4. The molecule has 1 saturated carbocycles. The molecule has 3 amide bonds. The van der Waals surface area contributed by atoms with Crippen LogP contribution in [0.25, 0.3) is 0 Å². The second-order valence-electron chi connectivity index (χ2n) is 10.6.